The molecule has 0 spiro atoms. The van der Waals surface area contributed by atoms with E-state index >= 15 is 0 Å². The lowest BCUT2D eigenvalue weighted by Crippen LogP contribution is -2.27. The minimum absolute atomic E-state index is 0.511. The lowest BCUT2D eigenvalue weighted by atomic mass is 10.1. The van der Waals surface area contributed by atoms with E-state index in [1.807, 2.05) is 75.4 Å². The van der Waals surface area contributed by atoms with Crippen molar-refractivity contribution >= 4 is 11.8 Å². The van der Waals surface area contributed by atoms with E-state index in [1.54, 1.807) is 6.07 Å². The summed E-state index contributed by atoms with van der Waals surface area (Å²) in [6, 6.07) is 19.0. The second-order valence-electron chi connectivity index (χ2n) is 6.61. The molecule has 0 aliphatic rings. The average molecular weight is 336 g/mol. The molecule has 128 valence electrons. The number of hydrogen-bond acceptors (Lipinski definition) is 4. The molecule has 1 aromatic heterocycles. The third kappa shape index (κ3) is 4.26. The summed E-state index contributed by atoms with van der Waals surface area (Å²) in [4.78, 5) is 12.1. The first-order valence-corrected chi connectivity index (χ1v) is 8.04. The molecule has 3 rings (SSSR count). The number of hydrogen-bond donors (Lipinski definition) is 1. The van der Waals surface area contributed by atoms with Crippen LogP contribution in [0.5, 0.6) is 0 Å². The van der Waals surface area contributed by atoms with Gasteiger partial charge in [0.05, 0.1) is 5.69 Å². The highest BCUT2D eigenvalue weighted by molar-refractivity contribution is 5.91. The molecule has 1 N–H and O–H groups in total. The van der Waals surface area contributed by atoms with E-state index in [0.29, 0.717) is 11.4 Å². The van der Waals surface area contributed by atoms with E-state index in [1.165, 1.54) is 0 Å². The van der Waals surface area contributed by atoms with Gasteiger partial charge in [-0.2, -0.15) is 0 Å². The van der Waals surface area contributed by atoms with Crippen molar-refractivity contribution in [2.45, 2.75) is 26.4 Å². The molecular formula is C20H20N2O3. The highest BCUT2D eigenvalue weighted by Gasteiger charge is 2.18. The normalized spacial score (nSPS) is 11.2. The Kier molecular flexibility index (Phi) is 4.57. The zero-order chi connectivity index (χ0) is 17.9. The highest BCUT2D eigenvalue weighted by atomic mass is 16.6. The molecule has 0 bridgehead atoms. The summed E-state index contributed by atoms with van der Waals surface area (Å²) < 4.78 is 10.8. The Morgan fingerprint density at radius 3 is 2.44 bits per heavy atom. The molecule has 1 amide bonds. The van der Waals surface area contributed by atoms with Crippen LogP contribution in [0.1, 0.15) is 20.8 Å². The van der Waals surface area contributed by atoms with E-state index in [0.717, 1.165) is 16.8 Å². The maximum absolute atomic E-state index is 12.1. The van der Waals surface area contributed by atoms with Crippen molar-refractivity contribution in [1.29, 1.82) is 0 Å². The van der Waals surface area contributed by atoms with Gasteiger partial charge in [0.1, 0.15) is 11.3 Å². The van der Waals surface area contributed by atoms with Crippen LogP contribution in [0.4, 0.5) is 10.5 Å². The predicted molar refractivity (Wildman–Crippen MR) is 97.2 cm³/mol. The number of nitrogens with zero attached hydrogens (tertiary/aromatic N) is 1. The molecule has 0 aliphatic carbocycles. The van der Waals surface area contributed by atoms with Crippen LogP contribution in [0.15, 0.2) is 65.2 Å². The van der Waals surface area contributed by atoms with Gasteiger partial charge in [-0.3, -0.25) is 5.32 Å². The van der Waals surface area contributed by atoms with Gasteiger partial charge in [0.15, 0.2) is 5.76 Å². The summed E-state index contributed by atoms with van der Waals surface area (Å²) in [5.41, 5.74) is 2.49. The van der Waals surface area contributed by atoms with Crippen LogP contribution < -0.4 is 5.32 Å². The number of nitrogens with one attached hydrogen (secondary N) is 1. The second-order valence-corrected chi connectivity index (χ2v) is 6.61. The molecule has 0 aliphatic heterocycles. The number of carbonyl (C=O) groups excluding carboxylic acids is 1. The van der Waals surface area contributed by atoms with Crippen molar-refractivity contribution < 1.29 is 14.1 Å². The van der Waals surface area contributed by atoms with Gasteiger partial charge in [-0.15, -0.1) is 0 Å². The summed E-state index contributed by atoms with van der Waals surface area (Å²) in [6.07, 6.45) is -0.511. The Morgan fingerprint density at radius 1 is 1.04 bits per heavy atom. The number of ether oxygens (including phenoxy) is 1. The van der Waals surface area contributed by atoms with Gasteiger partial charge < -0.3 is 9.26 Å². The van der Waals surface area contributed by atoms with E-state index in [-0.39, 0.29) is 0 Å². The van der Waals surface area contributed by atoms with Gasteiger partial charge in [0, 0.05) is 17.2 Å². The van der Waals surface area contributed by atoms with Crippen LogP contribution in [0.25, 0.3) is 22.6 Å². The second kappa shape index (κ2) is 6.81. The third-order valence-corrected chi connectivity index (χ3v) is 3.41. The van der Waals surface area contributed by atoms with Gasteiger partial charge in [0.2, 0.25) is 0 Å². The topological polar surface area (TPSA) is 64.4 Å². The van der Waals surface area contributed by atoms with Crippen LogP contribution in [-0.2, 0) is 4.74 Å². The van der Waals surface area contributed by atoms with Crippen molar-refractivity contribution in [1.82, 2.24) is 5.16 Å². The molecule has 2 aromatic carbocycles. The Hall–Kier alpha value is -3.08. The quantitative estimate of drug-likeness (QED) is 0.699. The van der Waals surface area contributed by atoms with E-state index in [2.05, 4.69) is 10.5 Å². The van der Waals surface area contributed by atoms with Gasteiger partial charge in [-0.1, -0.05) is 47.6 Å². The van der Waals surface area contributed by atoms with Gasteiger partial charge in [0.25, 0.3) is 0 Å². The first kappa shape index (κ1) is 16.8. The van der Waals surface area contributed by atoms with Crippen LogP contribution in [0.2, 0.25) is 0 Å². The number of rotatable bonds is 3. The summed E-state index contributed by atoms with van der Waals surface area (Å²) in [5, 5.41) is 6.89. The largest absolute Gasteiger partial charge is 0.444 e. The van der Waals surface area contributed by atoms with E-state index in [9.17, 15) is 4.79 Å². The Labute approximate surface area is 146 Å². The first-order chi connectivity index (χ1) is 11.9. The molecule has 3 aromatic rings. The van der Waals surface area contributed by atoms with E-state index < -0.39 is 11.7 Å². The van der Waals surface area contributed by atoms with Gasteiger partial charge in [-0.25, -0.2) is 4.79 Å². The number of anilines is 1. The molecule has 1 heterocycles. The molecule has 5 nitrogen and oxygen atoms in total. The predicted octanol–water partition coefficient (Wildman–Crippen LogP) is 5.36. The molecule has 5 heteroatoms. The number of benzene rings is 2. The molecule has 25 heavy (non-hydrogen) atoms. The minimum Gasteiger partial charge on any atom is -0.444 e. The summed E-state index contributed by atoms with van der Waals surface area (Å²) >= 11 is 0. The fraction of sp³-hybridized carbons (Fsp3) is 0.200. The zero-order valence-corrected chi connectivity index (χ0v) is 14.4. The standard InChI is InChI=1S/C20H20N2O3/c1-20(2,3)24-19(23)21-16-12-8-7-11-15(16)18-13-17(22-25-18)14-9-5-4-6-10-14/h4-13H,1-3H3,(H,21,23). The van der Waals surface area contributed by atoms with Crippen molar-refractivity contribution in [3.8, 4) is 22.6 Å². The maximum atomic E-state index is 12.1. The number of amides is 1. The SMILES string of the molecule is CC(C)(C)OC(=O)Nc1ccccc1-c1cc(-c2ccccc2)no1. The molecule has 0 atom stereocenters. The van der Waals surface area contributed by atoms with Gasteiger partial charge >= 0.3 is 6.09 Å². The highest BCUT2D eigenvalue weighted by Crippen LogP contribution is 2.31. The molecule has 0 radical (unpaired) electrons. The lowest BCUT2D eigenvalue weighted by Gasteiger charge is -2.20. The fourth-order valence-electron chi connectivity index (χ4n) is 2.37. The maximum Gasteiger partial charge on any atom is 0.412 e. The van der Waals surface area contributed by atoms with Gasteiger partial charge in [-0.05, 0) is 32.9 Å². The monoisotopic (exact) mass is 336 g/mol. The number of carbonyl (C=O) groups is 1. The Morgan fingerprint density at radius 2 is 1.72 bits per heavy atom. The molecule has 0 fully saturated rings. The summed E-state index contributed by atoms with van der Waals surface area (Å²) in [7, 11) is 0. The summed E-state index contributed by atoms with van der Waals surface area (Å²) in [5.74, 6) is 0.575. The van der Waals surface area contributed by atoms with Crippen molar-refractivity contribution in [3.05, 3.63) is 60.7 Å². The molecule has 0 unspecified atom stereocenters. The van der Waals surface area contributed by atoms with Crippen LogP contribution in [0.3, 0.4) is 0 Å². The average Bonchev–Trinajstić information content (AvgIpc) is 3.04. The Balaban J connectivity index is 1.86. The Bertz CT molecular complexity index is 864. The zero-order valence-electron chi connectivity index (χ0n) is 14.4. The molecule has 0 saturated heterocycles. The minimum atomic E-state index is -0.564. The number of para-hydroxylation sites is 1. The van der Waals surface area contributed by atoms with Crippen molar-refractivity contribution in [3.63, 3.8) is 0 Å². The smallest absolute Gasteiger partial charge is 0.412 e. The molecule has 0 saturated carbocycles. The van der Waals surface area contributed by atoms with Crippen LogP contribution in [0, 0.1) is 0 Å². The van der Waals surface area contributed by atoms with E-state index in [4.69, 9.17) is 9.26 Å². The fourth-order valence-corrected chi connectivity index (χ4v) is 2.37. The van der Waals surface area contributed by atoms with Crippen molar-refractivity contribution in [2.24, 2.45) is 0 Å². The van der Waals surface area contributed by atoms with Crippen molar-refractivity contribution in [2.75, 3.05) is 5.32 Å². The summed E-state index contributed by atoms with van der Waals surface area (Å²) in [6.45, 7) is 5.46. The molecular weight excluding hydrogens is 316 g/mol. The van der Waals surface area contributed by atoms with Crippen LogP contribution in [-0.4, -0.2) is 16.9 Å². The lowest BCUT2D eigenvalue weighted by molar-refractivity contribution is 0.0636. The number of aromatic nitrogens is 1. The first-order valence-electron chi connectivity index (χ1n) is 8.04. The third-order valence-electron chi connectivity index (χ3n) is 3.41. The van der Waals surface area contributed by atoms with Crippen LogP contribution >= 0.6 is 0 Å².